The van der Waals surface area contributed by atoms with E-state index in [-0.39, 0.29) is 16.9 Å². The molecule has 0 amide bonds. The number of para-hydroxylation sites is 1. The van der Waals surface area contributed by atoms with Crippen LogP contribution in [0, 0.1) is 0 Å². The van der Waals surface area contributed by atoms with Gasteiger partial charge >= 0.3 is 0 Å². The molecule has 3 aliphatic carbocycles. The summed E-state index contributed by atoms with van der Waals surface area (Å²) < 4.78 is 0. The first kappa shape index (κ1) is 34.6. The quantitative estimate of drug-likeness (QED) is 0.151. The van der Waals surface area contributed by atoms with E-state index in [1.165, 1.54) is 83.3 Å². The van der Waals surface area contributed by atoms with Crippen molar-refractivity contribution >= 4 is 22.1 Å². The molecular formula is C55H49N. The topological polar surface area (TPSA) is 3.24 Å². The molecule has 0 spiro atoms. The summed E-state index contributed by atoms with van der Waals surface area (Å²) in [5, 5.41) is 2.64. The number of aryl methyl sites for hydroxylation is 1. The molecule has 1 atom stereocenters. The molecule has 7 aromatic rings. The van der Waals surface area contributed by atoms with Crippen molar-refractivity contribution in [2.75, 3.05) is 4.90 Å². The standard InChI is InChI=1S/C55H49N/c1-54(2)48-33-37(29-31-42(38-19-9-5-10-20-38)39-21-11-6-12-22-39)30-32-43(48)46-34-50-47(35-49(46)54)53-45-28-18-17-27-44(45)52(36-51(53)55(50,3)4)56(40-23-13-7-14-24-40)41-25-15-8-16-26-41/h5-25,27-28,30,32-36,41-42H,26,29,31H2,1-4H3. The minimum atomic E-state index is -0.167. The van der Waals surface area contributed by atoms with Crippen molar-refractivity contribution < 1.29 is 0 Å². The molecule has 10 rings (SSSR count). The number of rotatable bonds is 8. The molecule has 0 aromatic heterocycles. The van der Waals surface area contributed by atoms with Crippen LogP contribution in [0.5, 0.6) is 0 Å². The zero-order chi connectivity index (χ0) is 38.0. The van der Waals surface area contributed by atoms with Gasteiger partial charge < -0.3 is 4.90 Å². The monoisotopic (exact) mass is 723 g/mol. The van der Waals surface area contributed by atoms with Crippen LogP contribution in [0.1, 0.15) is 85.4 Å². The summed E-state index contributed by atoms with van der Waals surface area (Å²) in [7, 11) is 0. The van der Waals surface area contributed by atoms with Gasteiger partial charge in [0.25, 0.3) is 0 Å². The van der Waals surface area contributed by atoms with E-state index in [0.29, 0.717) is 5.92 Å². The fourth-order valence-corrected chi connectivity index (χ4v) is 10.3. The van der Waals surface area contributed by atoms with E-state index in [2.05, 4.69) is 209 Å². The number of hydrogen-bond acceptors (Lipinski definition) is 1. The van der Waals surface area contributed by atoms with Gasteiger partial charge in [-0.25, -0.2) is 0 Å². The third-order valence-electron chi connectivity index (χ3n) is 13.2. The lowest BCUT2D eigenvalue weighted by Crippen LogP contribution is -2.30. The second-order valence-corrected chi connectivity index (χ2v) is 17.2. The summed E-state index contributed by atoms with van der Waals surface area (Å²) in [6.07, 6.45) is 12.1. The third kappa shape index (κ3) is 5.51. The first-order chi connectivity index (χ1) is 27.3. The average Bonchev–Trinajstić information content (AvgIpc) is 3.60. The lowest BCUT2D eigenvalue weighted by Gasteiger charge is -2.35. The minimum absolute atomic E-state index is 0.110. The summed E-state index contributed by atoms with van der Waals surface area (Å²) in [6.45, 7) is 9.77. The van der Waals surface area contributed by atoms with E-state index < -0.39 is 0 Å². The molecule has 7 aromatic carbocycles. The van der Waals surface area contributed by atoms with Crippen LogP contribution in [-0.4, -0.2) is 6.04 Å². The van der Waals surface area contributed by atoms with E-state index in [9.17, 15) is 0 Å². The number of hydrogen-bond donors (Lipinski definition) is 0. The van der Waals surface area contributed by atoms with Gasteiger partial charge in [0, 0.05) is 33.5 Å². The zero-order valence-corrected chi connectivity index (χ0v) is 33.0. The van der Waals surface area contributed by atoms with Crippen LogP contribution >= 0.6 is 0 Å². The Bertz CT molecular complexity index is 2620. The molecule has 0 saturated carbocycles. The normalized spacial score (nSPS) is 16.8. The number of allylic oxidation sites excluding steroid dienone is 2. The molecule has 1 nitrogen and oxygen atoms in total. The Morgan fingerprint density at radius 3 is 1.82 bits per heavy atom. The predicted octanol–water partition coefficient (Wildman–Crippen LogP) is 14.2. The average molecular weight is 724 g/mol. The van der Waals surface area contributed by atoms with Crippen LogP contribution in [0.25, 0.3) is 33.0 Å². The molecule has 0 aliphatic heterocycles. The van der Waals surface area contributed by atoms with Crippen molar-refractivity contribution in [1.29, 1.82) is 0 Å². The molecule has 1 unspecified atom stereocenters. The Morgan fingerprint density at radius 2 is 1.14 bits per heavy atom. The summed E-state index contributed by atoms with van der Waals surface area (Å²) in [4.78, 5) is 2.57. The van der Waals surface area contributed by atoms with Crippen molar-refractivity contribution in [2.24, 2.45) is 0 Å². The number of nitrogens with zero attached hydrogens (tertiary/aromatic N) is 1. The van der Waals surface area contributed by atoms with Gasteiger partial charge in [0.2, 0.25) is 0 Å². The van der Waals surface area contributed by atoms with Crippen molar-refractivity contribution in [2.45, 2.75) is 69.7 Å². The molecule has 0 N–H and O–H groups in total. The van der Waals surface area contributed by atoms with Gasteiger partial charge in [0.1, 0.15) is 0 Å². The van der Waals surface area contributed by atoms with Gasteiger partial charge in [0.15, 0.2) is 0 Å². The first-order valence-electron chi connectivity index (χ1n) is 20.5. The second kappa shape index (κ2) is 13.4. The molecule has 0 fully saturated rings. The van der Waals surface area contributed by atoms with Crippen molar-refractivity contribution in [3.63, 3.8) is 0 Å². The Hall–Kier alpha value is -5.92. The lowest BCUT2D eigenvalue weighted by atomic mass is 9.79. The predicted molar refractivity (Wildman–Crippen MR) is 237 cm³/mol. The SMILES string of the molecule is CC1(C)c2cc(CCC(c3ccccc3)c3ccccc3)ccc2-c2cc3c(cc21)-c1c(cc(N(c2ccccc2)C2C=CC=CC2)c2ccccc12)C3(C)C. The second-order valence-electron chi connectivity index (χ2n) is 17.2. The number of benzene rings is 7. The van der Waals surface area contributed by atoms with Crippen LogP contribution in [-0.2, 0) is 17.3 Å². The van der Waals surface area contributed by atoms with E-state index >= 15 is 0 Å². The Morgan fingerprint density at radius 1 is 0.554 bits per heavy atom. The highest BCUT2D eigenvalue weighted by atomic mass is 15.2. The number of anilines is 2. The molecule has 56 heavy (non-hydrogen) atoms. The zero-order valence-electron chi connectivity index (χ0n) is 33.0. The highest BCUT2D eigenvalue weighted by Gasteiger charge is 2.43. The first-order valence-corrected chi connectivity index (χ1v) is 20.5. The fraction of sp³-hybridized carbons (Fsp3) is 0.200. The largest absolute Gasteiger partial charge is 0.334 e. The van der Waals surface area contributed by atoms with Gasteiger partial charge in [0.05, 0.1) is 6.04 Å². The molecule has 3 aliphatic rings. The minimum Gasteiger partial charge on any atom is -0.334 e. The van der Waals surface area contributed by atoms with Gasteiger partial charge in [-0.1, -0.05) is 173 Å². The molecule has 1 heteroatoms. The van der Waals surface area contributed by atoms with Crippen molar-refractivity contribution in [3.05, 3.63) is 215 Å². The van der Waals surface area contributed by atoms with Gasteiger partial charge in [-0.3, -0.25) is 0 Å². The Labute approximate surface area is 332 Å². The van der Waals surface area contributed by atoms with E-state index in [1.807, 2.05) is 0 Å². The summed E-state index contributed by atoms with van der Waals surface area (Å²) >= 11 is 0. The summed E-state index contributed by atoms with van der Waals surface area (Å²) in [5.41, 5.74) is 17.8. The molecule has 274 valence electrons. The molecule has 0 saturated heterocycles. The van der Waals surface area contributed by atoms with Gasteiger partial charge in [-0.05, 0) is 116 Å². The van der Waals surface area contributed by atoms with Crippen LogP contribution in [0.2, 0.25) is 0 Å². The molecular weight excluding hydrogens is 675 g/mol. The molecule has 0 radical (unpaired) electrons. The van der Waals surface area contributed by atoms with E-state index in [0.717, 1.165) is 19.3 Å². The smallest absolute Gasteiger partial charge is 0.0560 e. The van der Waals surface area contributed by atoms with Crippen LogP contribution in [0.4, 0.5) is 11.4 Å². The van der Waals surface area contributed by atoms with E-state index in [4.69, 9.17) is 0 Å². The van der Waals surface area contributed by atoms with Crippen LogP contribution in [0.3, 0.4) is 0 Å². The third-order valence-corrected chi connectivity index (χ3v) is 13.2. The van der Waals surface area contributed by atoms with E-state index in [1.54, 1.807) is 0 Å². The number of fused-ring (bicyclic) bond motifs is 8. The molecule has 0 bridgehead atoms. The van der Waals surface area contributed by atoms with Crippen molar-refractivity contribution in [3.8, 4) is 22.3 Å². The van der Waals surface area contributed by atoms with Gasteiger partial charge in [-0.2, -0.15) is 0 Å². The van der Waals surface area contributed by atoms with Gasteiger partial charge in [-0.15, -0.1) is 0 Å². The highest BCUT2D eigenvalue weighted by molar-refractivity contribution is 6.09. The Kier molecular flexibility index (Phi) is 8.26. The maximum atomic E-state index is 2.58. The Balaban J connectivity index is 1.05. The fourth-order valence-electron chi connectivity index (χ4n) is 10.3. The lowest BCUT2D eigenvalue weighted by molar-refractivity contribution is 0.650. The maximum absolute atomic E-state index is 2.58. The highest BCUT2D eigenvalue weighted by Crippen LogP contribution is 2.58. The van der Waals surface area contributed by atoms with Crippen LogP contribution < -0.4 is 4.90 Å². The van der Waals surface area contributed by atoms with Crippen LogP contribution in [0.15, 0.2) is 176 Å². The maximum Gasteiger partial charge on any atom is 0.0560 e. The summed E-state index contributed by atoms with van der Waals surface area (Å²) in [5.74, 6) is 0.368. The molecule has 0 heterocycles. The summed E-state index contributed by atoms with van der Waals surface area (Å²) in [6, 6.07) is 57.4. The van der Waals surface area contributed by atoms with Crippen molar-refractivity contribution in [1.82, 2.24) is 0 Å².